The van der Waals surface area contributed by atoms with Crippen molar-refractivity contribution in [1.82, 2.24) is 10.6 Å². The second-order valence-electron chi connectivity index (χ2n) is 5.73. The Kier molecular flexibility index (Phi) is 3.44. The molecule has 3 amide bonds. The second-order valence-corrected chi connectivity index (χ2v) is 5.73. The molecular formula is C15H18N2O3. The number of ether oxygens (including phenoxy) is 1. The Bertz CT molecular complexity index is 491. The summed E-state index contributed by atoms with van der Waals surface area (Å²) in [5, 5.41) is 5.13. The highest BCUT2D eigenvalue weighted by Gasteiger charge is 2.49. The van der Waals surface area contributed by atoms with Gasteiger partial charge in [-0.2, -0.15) is 0 Å². The lowest BCUT2D eigenvalue weighted by Crippen LogP contribution is -2.66. The molecule has 2 fully saturated rings. The fraction of sp³-hybridized carbons (Fsp3) is 0.467. The van der Waals surface area contributed by atoms with Crippen LogP contribution in [-0.2, 0) is 16.1 Å². The lowest BCUT2D eigenvalue weighted by molar-refractivity contribution is -0.125. The Balaban J connectivity index is 1.42. The standard InChI is InChI=1S/C15H18N2O3/c18-13-8-15(17-14(19)16-13)6-12(7-15)10-20-9-11-4-2-1-3-5-11/h1-5,12H,6-10H2,(H2,16,17,18,19). The molecule has 106 valence electrons. The smallest absolute Gasteiger partial charge is 0.321 e. The molecule has 1 heterocycles. The Morgan fingerprint density at radius 2 is 1.95 bits per heavy atom. The monoisotopic (exact) mass is 274 g/mol. The van der Waals surface area contributed by atoms with Crippen LogP contribution in [0.1, 0.15) is 24.8 Å². The summed E-state index contributed by atoms with van der Waals surface area (Å²) >= 11 is 0. The van der Waals surface area contributed by atoms with E-state index in [-0.39, 0.29) is 17.5 Å². The van der Waals surface area contributed by atoms with Crippen LogP contribution in [0.3, 0.4) is 0 Å². The van der Waals surface area contributed by atoms with Crippen molar-refractivity contribution < 1.29 is 14.3 Å². The van der Waals surface area contributed by atoms with Crippen molar-refractivity contribution >= 4 is 11.9 Å². The van der Waals surface area contributed by atoms with Crippen LogP contribution >= 0.6 is 0 Å². The Labute approximate surface area is 117 Å². The van der Waals surface area contributed by atoms with Crippen molar-refractivity contribution in [3.05, 3.63) is 35.9 Å². The third-order valence-corrected chi connectivity index (χ3v) is 3.95. The molecule has 5 heteroatoms. The van der Waals surface area contributed by atoms with Crippen molar-refractivity contribution in [2.24, 2.45) is 5.92 Å². The first-order chi connectivity index (χ1) is 9.65. The molecule has 1 aromatic rings. The van der Waals surface area contributed by atoms with Crippen LogP contribution in [0.5, 0.6) is 0 Å². The minimum Gasteiger partial charge on any atom is -0.376 e. The van der Waals surface area contributed by atoms with Gasteiger partial charge in [-0.15, -0.1) is 0 Å². The zero-order valence-electron chi connectivity index (χ0n) is 11.2. The number of amides is 3. The Morgan fingerprint density at radius 3 is 2.65 bits per heavy atom. The van der Waals surface area contributed by atoms with E-state index in [1.165, 1.54) is 0 Å². The Hall–Kier alpha value is -1.88. The van der Waals surface area contributed by atoms with E-state index in [0.29, 0.717) is 25.6 Å². The number of rotatable bonds is 4. The minimum absolute atomic E-state index is 0.183. The predicted molar refractivity (Wildman–Crippen MR) is 72.8 cm³/mol. The van der Waals surface area contributed by atoms with Gasteiger partial charge in [-0.25, -0.2) is 4.79 Å². The fourth-order valence-electron chi connectivity index (χ4n) is 3.12. The van der Waals surface area contributed by atoms with Crippen molar-refractivity contribution in [2.45, 2.75) is 31.4 Å². The minimum atomic E-state index is -0.370. The molecule has 0 unspecified atom stereocenters. The molecule has 0 aromatic heterocycles. The van der Waals surface area contributed by atoms with E-state index in [1.54, 1.807) is 0 Å². The van der Waals surface area contributed by atoms with Gasteiger partial charge in [0.2, 0.25) is 5.91 Å². The van der Waals surface area contributed by atoms with Gasteiger partial charge in [0, 0.05) is 0 Å². The molecule has 1 saturated carbocycles. The molecule has 1 aliphatic carbocycles. The molecule has 0 bridgehead atoms. The molecule has 1 spiro atoms. The number of carbonyl (C=O) groups is 2. The SMILES string of the molecule is O=C1CC2(CC(COCc3ccccc3)C2)NC(=O)N1. The van der Waals surface area contributed by atoms with E-state index in [1.807, 2.05) is 30.3 Å². The summed E-state index contributed by atoms with van der Waals surface area (Å²) < 4.78 is 5.70. The number of benzene rings is 1. The van der Waals surface area contributed by atoms with Crippen molar-refractivity contribution in [1.29, 1.82) is 0 Å². The molecule has 0 atom stereocenters. The summed E-state index contributed by atoms with van der Waals surface area (Å²) in [6.45, 7) is 1.28. The van der Waals surface area contributed by atoms with E-state index in [0.717, 1.165) is 18.4 Å². The second kappa shape index (κ2) is 5.25. The van der Waals surface area contributed by atoms with Gasteiger partial charge in [0.25, 0.3) is 0 Å². The lowest BCUT2D eigenvalue weighted by atomic mass is 9.66. The molecule has 1 aromatic carbocycles. The molecule has 0 radical (unpaired) electrons. The van der Waals surface area contributed by atoms with Crippen LogP contribution in [0.25, 0.3) is 0 Å². The van der Waals surface area contributed by atoms with Crippen LogP contribution in [-0.4, -0.2) is 24.1 Å². The zero-order valence-corrected chi connectivity index (χ0v) is 11.2. The number of nitrogens with one attached hydrogen (secondary N) is 2. The average Bonchev–Trinajstić information content (AvgIpc) is 2.37. The van der Waals surface area contributed by atoms with Crippen LogP contribution in [0.15, 0.2) is 30.3 Å². The highest BCUT2D eigenvalue weighted by atomic mass is 16.5. The molecule has 3 rings (SSSR count). The molecular weight excluding hydrogens is 256 g/mol. The maximum Gasteiger partial charge on any atom is 0.321 e. The lowest BCUT2D eigenvalue weighted by Gasteiger charge is -2.49. The average molecular weight is 274 g/mol. The maximum absolute atomic E-state index is 11.4. The van der Waals surface area contributed by atoms with E-state index >= 15 is 0 Å². The van der Waals surface area contributed by atoms with Crippen molar-refractivity contribution in [3.8, 4) is 0 Å². The Morgan fingerprint density at radius 1 is 1.20 bits per heavy atom. The third-order valence-electron chi connectivity index (χ3n) is 3.95. The number of hydrogen-bond acceptors (Lipinski definition) is 3. The zero-order chi connectivity index (χ0) is 14.0. The first-order valence-electron chi connectivity index (χ1n) is 6.89. The summed E-state index contributed by atoms with van der Waals surface area (Å²) in [5.41, 5.74) is 0.840. The fourth-order valence-corrected chi connectivity index (χ4v) is 3.12. The highest BCUT2D eigenvalue weighted by Crippen LogP contribution is 2.41. The van der Waals surface area contributed by atoms with Gasteiger partial charge in [0.15, 0.2) is 0 Å². The van der Waals surface area contributed by atoms with Crippen molar-refractivity contribution in [2.75, 3.05) is 6.61 Å². The summed E-state index contributed by atoms with van der Waals surface area (Å²) in [5.74, 6) is 0.238. The van der Waals surface area contributed by atoms with Crippen LogP contribution < -0.4 is 10.6 Å². The number of urea groups is 1. The normalized spacial score (nSPS) is 28.7. The quantitative estimate of drug-likeness (QED) is 0.876. The van der Waals surface area contributed by atoms with Gasteiger partial charge in [-0.3, -0.25) is 10.1 Å². The molecule has 2 aliphatic rings. The highest BCUT2D eigenvalue weighted by molar-refractivity contribution is 5.98. The molecule has 5 nitrogen and oxygen atoms in total. The topological polar surface area (TPSA) is 67.4 Å². The predicted octanol–water partition coefficient (Wildman–Crippen LogP) is 1.58. The van der Waals surface area contributed by atoms with Crippen LogP contribution in [0, 0.1) is 5.92 Å². The van der Waals surface area contributed by atoms with Crippen molar-refractivity contribution in [3.63, 3.8) is 0 Å². The van der Waals surface area contributed by atoms with E-state index < -0.39 is 0 Å². The molecule has 1 saturated heterocycles. The first-order valence-corrected chi connectivity index (χ1v) is 6.89. The summed E-state index contributed by atoms with van der Waals surface area (Å²) in [7, 11) is 0. The van der Waals surface area contributed by atoms with Crippen LogP contribution in [0.2, 0.25) is 0 Å². The van der Waals surface area contributed by atoms with Gasteiger partial charge < -0.3 is 10.1 Å². The number of imide groups is 1. The van der Waals surface area contributed by atoms with Gasteiger partial charge in [0.1, 0.15) is 0 Å². The van der Waals surface area contributed by atoms with Gasteiger partial charge >= 0.3 is 6.03 Å². The van der Waals surface area contributed by atoms with Gasteiger partial charge in [0.05, 0.1) is 25.2 Å². The summed E-state index contributed by atoms with van der Waals surface area (Å²) in [6.07, 6.45) is 2.02. The largest absolute Gasteiger partial charge is 0.376 e. The van der Waals surface area contributed by atoms with E-state index in [4.69, 9.17) is 4.74 Å². The third kappa shape index (κ3) is 2.82. The van der Waals surface area contributed by atoms with Gasteiger partial charge in [-0.05, 0) is 24.3 Å². The number of carbonyl (C=O) groups excluding carboxylic acids is 2. The molecule has 2 N–H and O–H groups in total. The molecule has 20 heavy (non-hydrogen) atoms. The van der Waals surface area contributed by atoms with Gasteiger partial charge in [-0.1, -0.05) is 30.3 Å². The first kappa shape index (κ1) is 13.1. The van der Waals surface area contributed by atoms with E-state index in [9.17, 15) is 9.59 Å². The molecule has 1 aliphatic heterocycles. The summed E-state index contributed by atoms with van der Waals surface area (Å²) in [6, 6.07) is 9.67. The van der Waals surface area contributed by atoms with E-state index in [2.05, 4.69) is 10.6 Å². The number of hydrogen-bond donors (Lipinski definition) is 2. The summed E-state index contributed by atoms with van der Waals surface area (Å²) in [4.78, 5) is 22.7. The van der Waals surface area contributed by atoms with Crippen LogP contribution in [0.4, 0.5) is 4.79 Å². The maximum atomic E-state index is 11.4.